The molecule has 0 bridgehead atoms. The lowest BCUT2D eigenvalue weighted by atomic mass is 10.0. The van der Waals surface area contributed by atoms with E-state index in [1.54, 1.807) is 0 Å². The van der Waals surface area contributed by atoms with Crippen molar-refractivity contribution in [2.75, 3.05) is 0 Å². The average molecular weight is 248 g/mol. The van der Waals surface area contributed by atoms with Crippen LogP contribution in [0.4, 0.5) is 0 Å². The van der Waals surface area contributed by atoms with Crippen molar-refractivity contribution >= 4 is 5.97 Å². The van der Waals surface area contributed by atoms with E-state index in [9.17, 15) is 9.90 Å². The Morgan fingerprint density at radius 1 is 1.28 bits per heavy atom. The first-order valence-corrected chi connectivity index (χ1v) is 6.64. The Labute approximate surface area is 108 Å². The summed E-state index contributed by atoms with van der Waals surface area (Å²) in [6.07, 6.45) is 4.28. The highest BCUT2D eigenvalue weighted by molar-refractivity contribution is 5.74. The van der Waals surface area contributed by atoms with Gasteiger partial charge in [-0.25, -0.2) is 4.79 Å². The third kappa shape index (κ3) is 3.84. The van der Waals surface area contributed by atoms with Gasteiger partial charge in [-0.15, -0.1) is 0 Å². The summed E-state index contributed by atoms with van der Waals surface area (Å²) in [5, 5.41) is 9.78. The monoisotopic (exact) mass is 248 g/mol. The van der Waals surface area contributed by atoms with E-state index in [-0.39, 0.29) is 6.61 Å². The Kier molecular flexibility index (Phi) is 4.76. The molecule has 0 amide bonds. The predicted molar refractivity (Wildman–Crippen MR) is 68.8 cm³/mol. The summed E-state index contributed by atoms with van der Waals surface area (Å²) in [7, 11) is 0. The zero-order valence-corrected chi connectivity index (χ0v) is 10.5. The highest BCUT2D eigenvalue weighted by Crippen LogP contribution is 2.28. The largest absolute Gasteiger partial charge is 0.459 e. The second-order valence-corrected chi connectivity index (χ2v) is 5.00. The van der Waals surface area contributed by atoms with Crippen LogP contribution < -0.4 is 0 Å². The molecule has 0 saturated heterocycles. The molecule has 3 heteroatoms. The number of rotatable bonds is 5. The summed E-state index contributed by atoms with van der Waals surface area (Å²) in [5.74, 6) is -0.00460. The van der Waals surface area contributed by atoms with Gasteiger partial charge in [0.1, 0.15) is 6.61 Å². The fourth-order valence-electron chi connectivity index (χ4n) is 2.48. The maximum atomic E-state index is 11.6. The molecule has 0 heterocycles. The minimum atomic E-state index is -0.961. The van der Waals surface area contributed by atoms with Crippen molar-refractivity contribution in [2.24, 2.45) is 5.92 Å². The Morgan fingerprint density at radius 3 is 2.61 bits per heavy atom. The van der Waals surface area contributed by atoms with Crippen molar-refractivity contribution in [2.45, 2.75) is 44.8 Å². The molecule has 1 N–H and O–H groups in total. The number of benzene rings is 1. The van der Waals surface area contributed by atoms with Crippen LogP contribution in [0.5, 0.6) is 0 Å². The van der Waals surface area contributed by atoms with Crippen LogP contribution in [-0.2, 0) is 16.1 Å². The van der Waals surface area contributed by atoms with Crippen molar-refractivity contribution in [3.8, 4) is 0 Å². The lowest BCUT2D eigenvalue weighted by molar-refractivity contribution is -0.155. The second kappa shape index (κ2) is 6.55. The summed E-state index contributed by atoms with van der Waals surface area (Å²) >= 11 is 0. The zero-order valence-electron chi connectivity index (χ0n) is 10.5. The topological polar surface area (TPSA) is 46.5 Å². The number of esters is 1. The van der Waals surface area contributed by atoms with Crippen LogP contribution >= 0.6 is 0 Å². The van der Waals surface area contributed by atoms with Crippen LogP contribution in [0.1, 0.15) is 37.7 Å². The smallest absolute Gasteiger partial charge is 0.335 e. The molecule has 2 rings (SSSR count). The molecule has 1 aromatic rings. The molecular formula is C15H20O3. The highest BCUT2D eigenvalue weighted by atomic mass is 16.5. The number of ether oxygens (including phenoxy) is 1. The normalized spacial score (nSPS) is 17.6. The summed E-state index contributed by atoms with van der Waals surface area (Å²) < 4.78 is 5.11. The van der Waals surface area contributed by atoms with Crippen LogP contribution in [0.3, 0.4) is 0 Å². The lowest BCUT2D eigenvalue weighted by Crippen LogP contribution is -2.25. The molecule has 1 aliphatic rings. The van der Waals surface area contributed by atoms with Gasteiger partial charge in [-0.05, 0) is 17.9 Å². The van der Waals surface area contributed by atoms with Gasteiger partial charge in [0.25, 0.3) is 0 Å². The summed E-state index contributed by atoms with van der Waals surface area (Å²) in [5.41, 5.74) is 0.943. The van der Waals surface area contributed by atoms with E-state index in [1.807, 2.05) is 30.3 Å². The van der Waals surface area contributed by atoms with Crippen LogP contribution in [0.15, 0.2) is 30.3 Å². The number of aliphatic hydroxyl groups is 1. The van der Waals surface area contributed by atoms with Gasteiger partial charge in [-0.2, -0.15) is 0 Å². The van der Waals surface area contributed by atoms with E-state index in [0.717, 1.165) is 18.4 Å². The van der Waals surface area contributed by atoms with Crippen LogP contribution in [0.25, 0.3) is 0 Å². The van der Waals surface area contributed by atoms with E-state index in [2.05, 4.69) is 0 Å². The molecule has 0 unspecified atom stereocenters. The minimum Gasteiger partial charge on any atom is -0.459 e. The number of carbonyl (C=O) groups is 1. The molecule has 1 fully saturated rings. The molecule has 3 nitrogen and oxygen atoms in total. The standard InChI is InChI=1S/C15H20O3/c16-14(10-12-6-4-5-7-12)15(17)18-11-13-8-2-1-3-9-13/h1-3,8-9,12,14,16H,4-7,10-11H2/t14-/m0/s1. The third-order valence-electron chi connectivity index (χ3n) is 3.53. The van der Waals surface area contributed by atoms with Crippen LogP contribution in [0, 0.1) is 5.92 Å². The first kappa shape index (κ1) is 13.1. The van der Waals surface area contributed by atoms with E-state index in [0.29, 0.717) is 12.3 Å². The van der Waals surface area contributed by atoms with Gasteiger partial charge in [-0.3, -0.25) is 0 Å². The SMILES string of the molecule is O=C(OCc1ccccc1)[C@@H](O)CC1CCCC1. The first-order valence-electron chi connectivity index (χ1n) is 6.64. The van der Waals surface area contributed by atoms with Gasteiger partial charge in [-0.1, -0.05) is 56.0 Å². The van der Waals surface area contributed by atoms with E-state index in [1.165, 1.54) is 12.8 Å². The van der Waals surface area contributed by atoms with Gasteiger partial charge in [0.05, 0.1) is 0 Å². The summed E-state index contributed by atoms with van der Waals surface area (Å²) in [6.45, 7) is 0.237. The zero-order chi connectivity index (χ0) is 12.8. The van der Waals surface area contributed by atoms with Crippen molar-refractivity contribution < 1.29 is 14.6 Å². The van der Waals surface area contributed by atoms with Gasteiger partial charge in [0, 0.05) is 0 Å². The quantitative estimate of drug-likeness (QED) is 0.815. The Morgan fingerprint density at radius 2 is 1.94 bits per heavy atom. The Balaban J connectivity index is 1.73. The second-order valence-electron chi connectivity index (χ2n) is 5.00. The fraction of sp³-hybridized carbons (Fsp3) is 0.533. The maximum absolute atomic E-state index is 11.6. The predicted octanol–water partition coefficient (Wildman–Crippen LogP) is 2.67. The molecule has 18 heavy (non-hydrogen) atoms. The third-order valence-corrected chi connectivity index (χ3v) is 3.53. The number of hydrogen-bond donors (Lipinski definition) is 1. The molecule has 0 radical (unpaired) electrons. The van der Waals surface area contributed by atoms with Crippen molar-refractivity contribution in [1.29, 1.82) is 0 Å². The van der Waals surface area contributed by atoms with E-state index < -0.39 is 12.1 Å². The van der Waals surface area contributed by atoms with Crippen LogP contribution in [0.2, 0.25) is 0 Å². The molecule has 0 aromatic heterocycles. The van der Waals surface area contributed by atoms with Gasteiger partial charge in [0.2, 0.25) is 0 Å². The first-order chi connectivity index (χ1) is 8.75. The molecule has 98 valence electrons. The maximum Gasteiger partial charge on any atom is 0.335 e. The fourth-order valence-corrected chi connectivity index (χ4v) is 2.48. The molecule has 1 aliphatic carbocycles. The van der Waals surface area contributed by atoms with Gasteiger partial charge in [0.15, 0.2) is 6.10 Å². The van der Waals surface area contributed by atoms with Gasteiger partial charge >= 0.3 is 5.97 Å². The molecular weight excluding hydrogens is 228 g/mol. The number of hydrogen-bond acceptors (Lipinski definition) is 3. The number of aliphatic hydroxyl groups excluding tert-OH is 1. The average Bonchev–Trinajstić information content (AvgIpc) is 2.90. The molecule has 1 atom stereocenters. The Hall–Kier alpha value is -1.35. The lowest BCUT2D eigenvalue weighted by Gasteiger charge is -2.14. The van der Waals surface area contributed by atoms with E-state index in [4.69, 9.17) is 4.74 Å². The van der Waals surface area contributed by atoms with Gasteiger partial charge < -0.3 is 9.84 Å². The van der Waals surface area contributed by atoms with E-state index >= 15 is 0 Å². The van der Waals surface area contributed by atoms with Crippen LogP contribution in [-0.4, -0.2) is 17.2 Å². The van der Waals surface area contributed by atoms with Crippen molar-refractivity contribution in [3.63, 3.8) is 0 Å². The van der Waals surface area contributed by atoms with Crippen molar-refractivity contribution in [3.05, 3.63) is 35.9 Å². The molecule has 0 spiro atoms. The summed E-state index contributed by atoms with van der Waals surface area (Å²) in [4.78, 5) is 11.6. The minimum absolute atomic E-state index is 0.237. The summed E-state index contributed by atoms with van der Waals surface area (Å²) in [6, 6.07) is 9.52. The highest BCUT2D eigenvalue weighted by Gasteiger charge is 2.24. The molecule has 0 aliphatic heterocycles. The molecule has 1 aromatic carbocycles. The molecule has 1 saturated carbocycles. The van der Waals surface area contributed by atoms with Crippen molar-refractivity contribution in [1.82, 2.24) is 0 Å². The Bertz CT molecular complexity index is 369. The number of carbonyl (C=O) groups excluding carboxylic acids is 1.